The van der Waals surface area contributed by atoms with Gasteiger partial charge in [-0.25, -0.2) is 0 Å². The van der Waals surface area contributed by atoms with Crippen LogP contribution in [-0.4, -0.2) is 53.8 Å². The Bertz CT molecular complexity index is 679. The summed E-state index contributed by atoms with van der Waals surface area (Å²) in [5, 5.41) is 3.08. The van der Waals surface area contributed by atoms with Crippen LogP contribution in [0.4, 0.5) is 5.69 Å². The predicted octanol–water partition coefficient (Wildman–Crippen LogP) is 2.37. The molecule has 2 heterocycles. The standard InChI is InChI=1S/C20H27N3O2/c1-15(24)22-11-4-12-23(14-13-22)16-7-9-20(10-8-16)17-5-2-3-6-18(17)21-19(20)25/h2-3,5-6,16H,4,7-14H2,1H3,(H,21,25). The molecule has 1 saturated carbocycles. The Labute approximate surface area is 149 Å². The van der Waals surface area contributed by atoms with Gasteiger partial charge in [-0.2, -0.15) is 0 Å². The van der Waals surface area contributed by atoms with Gasteiger partial charge >= 0.3 is 0 Å². The van der Waals surface area contributed by atoms with Crippen LogP contribution in [0.3, 0.4) is 0 Å². The molecule has 1 aromatic rings. The smallest absolute Gasteiger partial charge is 0.235 e. The molecular weight excluding hydrogens is 314 g/mol. The summed E-state index contributed by atoms with van der Waals surface area (Å²) >= 11 is 0. The highest BCUT2D eigenvalue weighted by molar-refractivity contribution is 6.06. The summed E-state index contributed by atoms with van der Waals surface area (Å²) in [5.74, 6) is 0.370. The van der Waals surface area contributed by atoms with E-state index in [2.05, 4.69) is 16.3 Å². The van der Waals surface area contributed by atoms with E-state index < -0.39 is 0 Å². The maximum atomic E-state index is 12.7. The third-order valence-corrected chi connectivity index (χ3v) is 6.43. The number of fused-ring (bicyclic) bond motifs is 2. The van der Waals surface area contributed by atoms with Gasteiger partial charge in [-0.05, 0) is 43.7 Å². The second kappa shape index (κ2) is 6.45. The number of hydrogen-bond acceptors (Lipinski definition) is 3. The minimum atomic E-state index is -0.315. The van der Waals surface area contributed by atoms with Crippen LogP contribution in [-0.2, 0) is 15.0 Å². The lowest BCUT2D eigenvalue weighted by molar-refractivity contribution is -0.128. The van der Waals surface area contributed by atoms with Crippen LogP contribution < -0.4 is 5.32 Å². The molecule has 0 atom stereocenters. The molecule has 1 spiro atoms. The molecule has 0 bridgehead atoms. The first-order chi connectivity index (χ1) is 12.1. The van der Waals surface area contributed by atoms with Gasteiger partial charge in [-0.3, -0.25) is 14.5 Å². The lowest BCUT2D eigenvalue weighted by atomic mass is 9.68. The Kier molecular flexibility index (Phi) is 4.28. The second-order valence-electron chi connectivity index (χ2n) is 7.71. The Morgan fingerprint density at radius 1 is 1.12 bits per heavy atom. The average molecular weight is 341 g/mol. The summed E-state index contributed by atoms with van der Waals surface area (Å²) in [4.78, 5) is 28.8. The number of amides is 2. The van der Waals surface area contributed by atoms with Crippen molar-refractivity contribution in [2.75, 3.05) is 31.5 Å². The molecule has 2 aliphatic heterocycles. The monoisotopic (exact) mass is 341 g/mol. The van der Waals surface area contributed by atoms with E-state index in [1.165, 1.54) is 5.56 Å². The van der Waals surface area contributed by atoms with Crippen LogP contribution >= 0.6 is 0 Å². The van der Waals surface area contributed by atoms with Gasteiger partial charge < -0.3 is 10.2 Å². The van der Waals surface area contributed by atoms with E-state index in [1.807, 2.05) is 23.1 Å². The molecule has 1 aromatic carbocycles. The lowest BCUT2D eigenvalue weighted by Gasteiger charge is -2.40. The summed E-state index contributed by atoms with van der Waals surface area (Å²) < 4.78 is 0. The first-order valence-corrected chi connectivity index (χ1v) is 9.51. The number of rotatable bonds is 1. The van der Waals surface area contributed by atoms with Crippen LogP contribution in [0.2, 0.25) is 0 Å². The number of carbonyl (C=O) groups excluding carboxylic acids is 2. The first-order valence-electron chi connectivity index (χ1n) is 9.51. The molecule has 4 rings (SSSR count). The Balaban J connectivity index is 1.44. The highest BCUT2D eigenvalue weighted by Crippen LogP contribution is 2.48. The van der Waals surface area contributed by atoms with Crippen LogP contribution in [0.15, 0.2) is 24.3 Å². The molecule has 1 saturated heterocycles. The molecule has 5 heteroatoms. The van der Waals surface area contributed by atoms with E-state index in [1.54, 1.807) is 6.92 Å². The molecule has 3 aliphatic rings. The third kappa shape index (κ3) is 2.84. The van der Waals surface area contributed by atoms with Gasteiger partial charge in [0.1, 0.15) is 0 Å². The van der Waals surface area contributed by atoms with Crippen molar-refractivity contribution in [1.82, 2.24) is 9.80 Å². The molecule has 5 nitrogen and oxygen atoms in total. The van der Waals surface area contributed by atoms with Crippen molar-refractivity contribution in [3.8, 4) is 0 Å². The first kappa shape index (κ1) is 16.6. The van der Waals surface area contributed by atoms with Gasteiger partial charge in [-0.1, -0.05) is 18.2 Å². The Morgan fingerprint density at radius 2 is 1.88 bits per heavy atom. The van der Waals surface area contributed by atoms with Gasteiger partial charge in [0.15, 0.2) is 0 Å². The Hall–Kier alpha value is -1.88. The molecule has 0 radical (unpaired) electrons. The summed E-state index contributed by atoms with van der Waals surface area (Å²) in [6.45, 7) is 5.39. The number of benzene rings is 1. The van der Waals surface area contributed by atoms with E-state index in [9.17, 15) is 9.59 Å². The summed E-state index contributed by atoms with van der Waals surface area (Å²) in [5.41, 5.74) is 1.87. The van der Waals surface area contributed by atoms with E-state index in [0.717, 1.165) is 64.0 Å². The molecule has 1 N–H and O–H groups in total. The van der Waals surface area contributed by atoms with E-state index in [0.29, 0.717) is 6.04 Å². The van der Waals surface area contributed by atoms with E-state index in [4.69, 9.17) is 0 Å². The van der Waals surface area contributed by atoms with Crippen molar-refractivity contribution in [2.24, 2.45) is 0 Å². The number of hydrogen-bond donors (Lipinski definition) is 1. The van der Waals surface area contributed by atoms with E-state index in [-0.39, 0.29) is 17.2 Å². The quantitative estimate of drug-likeness (QED) is 0.853. The maximum absolute atomic E-state index is 12.7. The number of nitrogens with zero attached hydrogens (tertiary/aromatic N) is 2. The zero-order chi connectivity index (χ0) is 17.4. The number of anilines is 1. The minimum absolute atomic E-state index is 0.184. The second-order valence-corrected chi connectivity index (χ2v) is 7.71. The summed E-state index contributed by atoms with van der Waals surface area (Å²) in [6.07, 6.45) is 5.01. The number of para-hydroxylation sites is 1. The maximum Gasteiger partial charge on any atom is 0.235 e. The molecule has 0 aromatic heterocycles. The largest absolute Gasteiger partial charge is 0.342 e. The zero-order valence-electron chi connectivity index (χ0n) is 15.0. The van der Waals surface area contributed by atoms with Gasteiger partial charge in [0.2, 0.25) is 11.8 Å². The fourth-order valence-corrected chi connectivity index (χ4v) is 4.95. The van der Waals surface area contributed by atoms with Gasteiger partial charge in [0.05, 0.1) is 5.41 Å². The summed E-state index contributed by atoms with van der Waals surface area (Å²) in [6, 6.07) is 8.70. The van der Waals surface area contributed by atoms with Crippen LogP contribution in [0.25, 0.3) is 0 Å². The number of nitrogens with one attached hydrogen (secondary N) is 1. The Morgan fingerprint density at radius 3 is 2.64 bits per heavy atom. The fourth-order valence-electron chi connectivity index (χ4n) is 4.95. The summed E-state index contributed by atoms with van der Waals surface area (Å²) in [7, 11) is 0. The highest BCUT2D eigenvalue weighted by Gasteiger charge is 2.49. The minimum Gasteiger partial charge on any atom is -0.342 e. The zero-order valence-corrected chi connectivity index (χ0v) is 15.0. The van der Waals surface area contributed by atoms with Crippen molar-refractivity contribution in [2.45, 2.75) is 50.5 Å². The van der Waals surface area contributed by atoms with Crippen molar-refractivity contribution < 1.29 is 9.59 Å². The molecule has 25 heavy (non-hydrogen) atoms. The average Bonchev–Trinajstić information content (AvgIpc) is 2.79. The van der Waals surface area contributed by atoms with Gasteiger partial charge in [0.25, 0.3) is 0 Å². The fraction of sp³-hybridized carbons (Fsp3) is 0.600. The van der Waals surface area contributed by atoms with Crippen molar-refractivity contribution in [3.05, 3.63) is 29.8 Å². The topological polar surface area (TPSA) is 52.7 Å². The van der Waals surface area contributed by atoms with Crippen LogP contribution in [0, 0.1) is 0 Å². The van der Waals surface area contributed by atoms with Gasteiger partial charge in [0, 0.05) is 44.8 Å². The highest BCUT2D eigenvalue weighted by atomic mass is 16.2. The van der Waals surface area contributed by atoms with Crippen molar-refractivity contribution >= 4 is 17.5 Å². The lowest BCUT2D eigenvalue weighted by Crippen LogP contribution is -2.46. The van der Waals surface area contributed by atoms with E-state index >= 15 is 0 Å². The molecule has 0 unspecified atom stereocenters. The van der Waals surface area contributed by atoms with Gasteiger partial charge in [-0.15, -0.1) is 0 Å². The SMILES string of the molecule is CC(=O)N1CCCN(C2CCC3(CC2)C(=O)Nc2ccccc23)CC1. The molecule has 134 valence electrons. The molecular formula is C20H27N3O2. The number of carbonyl (C=O) groups is 2. The normalized spacial score (nSPS) is 30.0. The van der Waals surface area contributed by atoms with Crippen molar-refractivity contribution in [1.29, 1.82) is 0 Å². The van der Waals surface area contributed by atoms with Crippen LogP contribution in [0.5, 0.6) is 0 Å². The van der Waals surface area contributed by atoms with Crippen molar-refractivity contribution in [3.63, 3.8) is 0 Å². The van der Waals surface area contributed by atoms with Crippen LogP contribution in [0.1, 0.15) is 44.6 Å². The third-order valence-electron chi connectivity index (χ3n) is 6.43. The molecule has 2 amide bonds. The molecule has 1 aliphatic carbocycles. The predicted molar refractivity (Wildman–Crippen MR) is 97.4 cm³/mol. The molecule has 2 fully saturated rings.